The number of hydrogen-bond donors (Lipinski definition) is 2. The van der Waals surface area contributed by atoms with Gasteiger partial charge in [0, 0.05) is 41.5 Å². The van der Waals surface area contributed by atoms with Gasteiger partial charge in [-0.1, -0.05) is 0 Å². The van der Waals surface area contributed by atoms with Gasteiger partial charge < -0.3 is 20.3 Å². The van der Waals surface area contributed by atoms with Gasteiger partial charge in [-0.25, -0.2) is 0 Å². The lowest BCUT2D eigenvalue weighted by molar-refractivity contribution is 0.333. The lowest BCUT2D eigenvalue weighted by Gasteiger charge is -2.21. The van der Waals surface area contributed by atoms with E-state index >= 15 is 0 Å². The monoisotopic (exact) mass is 247 g/mol. The van der Waals surface area contributed by atoms with Crippen LogP contribution in [0.15, 0.2) is 0 Å². The van der Waals surface area contributed by atoms with Gasteiger partial charge in [0.05, 0.1) is 13.2 Å². The molecule has 3 N–H and O–H groups in total. The fourth-order valence-corrected chi connectivity index (χ4v) is 3.35. The molecule has 4 nitrogen and oxygen atoms in total. The molecule has 1 saturated carbocycles. The summed E-state index contributed by atoms with van der Waals surface area (Å²) in [4.78, 5) is 0. The van der Waals surface area contributed by atoms with Crippen LogP contribution in [0, 0.1) is 0 Å². The van der Waals surface area contributed by atoms with E-state index in [1.54, 1.807) is 0 Å². The fraction of sp³-hybridized carbons (Fsp3) is 0.571. The Morgan fingerprint density at radius 1 is 1.06 bits per heavy atom. The van der Waals surface area contributed by atoms with E-state index in [4.69, 9.17) is 15.2 Å². The Balaban J connectivity index is 2.02. The second-order valence-corrected chi connectivity index (χ2v) is 5.52. The van der Waals surface area contributed by atoms with E-state index in [2.05, 4.69) is 0 Å². The Kier molecular flexibility index (Phi) is 1.94. The summed E-state index contributed by atoms with van der Waals surface area (Å²) in [6, 6.07) is 0. The Labute approximate surface area is 106 Å². The van der Waals surface area contributed by atoms with E-state index in [0.717, 1.165) is 42.6 Å². The summed E-state index contributed by atoms with van der Waals surface area (Å²) in [5.74, 6) is 1.89. The predicted octanol–water partition coefficient (Wildman–Crippen LogP) is 1.25. The Morgan fingerprint density at radius 3 is 2.39 bits per heavy atom. The molecule has 0 spiro atoms. The maximum Gasteiger partial charge on any atom is 0.165 e. The summed E-state index contributed by atoms with van der Waals surface area (Å²) >= 11 is 0. The van der Waals surface area contributed by atoms with E-state index < -0.39 is 0 Å². The molecule has 0 atom stereocenters. The van der Waals surface area contributed by atoms with Crippen molar-refractivity contribution in [2.75, 3.05) is 19.8 Å². The number of hydrogen-bond acceptors (Lipinski definition) is 4. The van der Waals surface area contributed by atoms with Crippen molar-refractivity contribution < 1.29 is 14.6 Å². The van der Waals surface area contributed by atoms with Crippen molar-refractivity contribution in [1.82, 2.24) is 0 Å². The molecule has 1 aromatic carbocycles. The Bertz CT molecular complexity index is 499. The number of phenolic OH excluding ortho intramolecular Hbond substituents is 1. The van der Waals surface area contributed by atoms with Crippen LogP contribution in [0.3, 0.4) is 0 Å². The van der Waals surface area contributed by atoms with E-state index in [0.29, 0.717) is 31.3 Å². The second-order valence-electron chi connectivity index (χ2n) is 5.52. The van der Waals surface area contributed by atoms with Crippen LogP contribution in [0.5, 0.6) is 17.2 Å². The van der Waals surface area contributed by atoms with Crippen molar-refractivity contribution >= 4 is 0 Å². The summed E-state index contributed by atoms with van der Waals surface area (Å²) in [6.07, 6.45) is 3.87. The number of fused-ring (bicyclic) bond motifs is 2. The zero-order valence-corrected chi connectivity index (χ0v) is 10.3. The zero-order chi connectivity index (χ0) is 12.3. The van der Waals surface area contributed by atoms with Gasteiger partial charge in [-0.3, -0.25) is 0 Å². The summed E-state index contributed by atoms with van der Waals surface area (Å²) in [5.41, 5.74) is 9.35. The van der Waals surface area contributed by atoms with Crippen LogP contribution < -0.4 is 15.2 Å². The molecule has 0 amide bonds. The molecule has 96 valence electrons. The molecule has 0 unspecified atom stereocenters. The smallest absolute Gasteiger partial charge is 0.165 e. The molecule has 18 heavy (non-hydrogen) atoms. The maximum absolute atomic E-state index is 10.3. The highest BCUT2D eigenvalue weighted by Crippen LogP contribution is 2.58. The third-order valence-electron chi connectivity index (χ3n) is 4.55. The number of benzene rings is 1. The van der Waals surface area contributed by atoms with E-state index in [9.17, 15) is 5.11 Å². The quantitative estimate of drug-likeness (QED) is 0.825. The first-order valence-electron chi connectivity index (χ1n) is 6.64. The molecule has 2 aliphatic heterocycles. The van der Waals surface area contributed by atoms with Crippen molar-refractivity contribution in [3.8, 4) is 17.2 Å². The molecule has 1 fully saturated rings. The maximum atomic E-state index is 10.3. The highest BCUT2D eigenvalue weighted by molar-refractivity contribution is 5.67. The average molecular weight is 247 g/mol. The number of nitrogens with two attached hydrogens (primary N) is 1. The minimum atomic E-state index is 0.0832. The zero-order valence-electron chi connectivity index (χ0n) is 10.3. The lowest BCUT2D eigenvalue weighted by atomic mass is 9.87. The first kappa shape index (κ1) is 10.5. The van der Waals surface area contributed by atoms with Crippen molar-refractivity contribution in [2.24, 2.45) is 5.73 Å². The Morgan fingerprint density at radius 2 is 1.72 bits per heavy atom. The van der Waals surface area contributed by atoms with Crippen molar-refractivity contribution in [1.29, 1.82) is 0 Å². The minimum Gasteiger partial charge on any atom is -0.504 e. The largest absolute Gasteiger partial charge is 0.504 e. The van der Waals surface area contributed by atoms with Gasteiger partial charge >= 0.3 is 0 Å². The van der Waals surface area contributed by atoms with E-state index in [1.165, 1.54) is 5.56 Å². The molecule has 4 rings (SSSR count). The second kappa shape index (κ2) is 3.32. The van der Waals surface area contributed by atoms with Gasteiger partial charge in [-0.05, 0) is 12.8 Å². The number of phenols is 1. The van der Waals surface area contributed by atoms with Crippen LogP contribution in [0.4, 0.5) is 0 Å². The van der Waals surface area contributed by atoms with Crippen molar-refractivity contribution in [2.45, 2.75) is 31.1 Å². The van der Waals surface area contributed by atoms with Crippen molar-refractivity contribution in [3.05, 3.63) is 16.7 Å². The number of aromatic hydroxyl groups is 1. The van der Waals surface area contributed by atoms with Crippen LogP contribution in [0.25, 0.3) is 0 Å². The molecule has 0 radical (unpaired) electrons. The molecule has 1 aliphatic carbocycles. The predicted molar refractivity (Wildman–Crippen MR) is 66.5 cm³/mol. The first-order chi connectivity index (χ1) is 8.77. The standard InChI is InChI=1S/C14H17NO3/c15-7-14(3-4-14)10-8-1-5-18-13(8)11(16)9-2-6-17-12(9)10/h16H,1-7,15H2. The van der Waals surface area contributed by atoms with Crippen LogP contribution >= 0.6 is 0 Å². The molecule has 4 heteroatoms. The summed E-state index contributed by atoms with van der Waals surface area (Å²) in [5, 5.41) is 10.3. The number of rotatable bonds is 2. The third kappa shape index (κ3) is 1.14. The summed E-state index contributed by atoms with van der Waals surface area (Å²) < 4.78 is 11.4. The van der Waals surface area contributed by atoms with Crippen LogP contribution in [-0.2, 0) is 18.3 Å². The molecule has 2 heterocycles. The minimum absolute atomic E-state index is 0.0832. The van der Waals surface area contributed by atoms with Gasteiger partial charge in [0.1, 0.15) is 5.75 Å². The van der Waals surface area contributed by atoms with Crippen LogP contribution in [-0.4, -0.2) is 24.9 Å². The summed E-state index contributed by atoms with van der Waals surface area (Å²) in [6.45, 7) is 1.96. The number of ether oxygens (including phenoxy) is 2. The fourth-order valence-electron chi connectivity index (χ4n) is 3.35. The van der Waals surface area contributed by atoms with Gasteiger partial charge in [0.25, 0.3) is 0 Å². The van der Waals surface area contributed by atoms with Gasteiger partial charge in [0.2, 0.25) is 0 Å². The highest BCUT2D eigenvalue weighted by Gasteiger charge is 2.49. The molecule has 0 aromatic heterocycles. The van der Waals surface area contributed by atoms with Crippen LogP contribution in [0.2, 0.25) is 0 Å². The van der Waals surface area contributed by atoms with Crippen LogP contribution in [0.1, 0.15) is 29.5 Å². The molecular weight excluding hydrogens is 230 g/mol. The average Bonchev–Trinajstić information content (AvgIpc) is 2.80. The lowest BCUT2D eigenvalue weighted by Crippen LogP contribution is -2.22. The SMILES string of the molecule is NCC1(c2c3c(c(O)c4c2OCC4)OCC3)CC1. The third-order valence-corrected chi connectivity index (χ3v) is 4.55. The topological polar surface area (TPSA) is 64.7 Å². The first-order valence-corrected chi connectivity index (χ1v) is 6.64. The Hall–Kier alpha value is -1.42. The molecule has 1 aromatic rings. The van der Waals surface area contributed by atoms with Gasteiger partial charge in [-0.15, -0.1) is 0 Å². The molecule has 3 aliphatic rings. The molecular formula is C14H17NO3. The van der Waals surface area contributed by atoms with Gasteiger partial charge in [0.15, 0.2) is 11.5 Å². The highest BCUT2D eigenvalue weighted by atomic mass is 16.5. The van der Waals surface area contributed by atoms with Crippen molar-refractivity contribution in [3.63, 3.8) is 0 Å². The van der Waals surface area contributed by atoms with Gasteiger partial charge in [-0.2, -0.15) is 0 Å². The van der Waals surface area contributed by atoms with E-state index in [-0.39, 0.29) is 5.41 Å². The molecule has 0 bridgehead atoms. The molecule has 0 saturated heterocycles. The summed E-state index contributed by atoms with van der Waals surface area (Å²) in [7, 11) is 0. The normalized spacial score (nSPS) is 22.1. The van der Waals surface area contributed by atoms with E-state index in [1.807, 2.05) is 0 Å².